The van der Waals surface area contributed by atoms with Crippen LogP contribution >= 0.6 is 11.3 Å². The number of halogens is 3. The maximum Gasteiger partial charge on any atom is 0.437 e. The highest BCUT2D eigenvalue weighted by Gasteiger charge is 2.38. The van der Waals surface area contributed by atoms with Gasteiger partial charge in [-0.3, -0.25) is 10.4 Å². The van der Waals surface area contributed by atoms with Crippen LogP contribution in [-0.4, -0.2) is 26.8 Å². The highest BCUT2D eigenvalue weighted by atomic mass is 32.1. The van der Waals surface area contributed by atoms with Gasteiger partial charge in [-0.1, -0.05) is 24.3 Å². The molecule has 0 aliphatic rings. The van der Waals surface area contributed by atoms with E-state index in [0.717, 1.165) is 5.56 Å². The molecule has 3 aromatic heterocycles. The zero-order valence-corrected chi connectivity index (χ0v) is 16.2. The van der Waals surface area contributed by atoms with Crippen molar-refractivity contribution in [1.82, 2.24) is 15.0 Å². The second-order valence-corrected chi connectivity index (χ2v) is 7.15. The Morgan fingerprint density at radius 3 is 2.50 bits per heavy atom. The molecule has 0 spiro atoms. The first-order valence-electron chi connectivity index (χ1n) is 8.81. The van der Waals surface area contributed by atoms with Gasteiger partial charge in [-0.15, -0.1) is 11.3 Å². The van der Waals surface area contributed by atoms with Crippen molar-refractivity contribution < 1.29 is 13.2 Å². The number of hydrogen-bond donors (Lipinski definition) is 1. The van der Waals surface area contributed by atoms with Gasteiger partial charge in [-0.25, -0.2) is 9.97 Å². The molecule has 0 bridgehead atoms. The largest absolute Gasteiger partial charge is 0.437 e. The minimum Gasteiger partial charge on any atom is -0.278 e. The molecule has 150 valence electrons. The highest BCUT2D eigenvalue weighted by molar-refractivity contribution is 7.18. The van der Waals surface area contributed by atoms with Crippen LogP contribution in [0, 0.1) is 0 Å². The van der Waals surface area contributed by atoms with Gasteiger partial charge in [0, 0.05) is 24.2 Å². The number of alkyl halides is 3. The van der Waals surface area contributed by atoms with Crippen LogP contribution in [0.1, 0.15) is 5.69 Å². The maximum atomic E-state index is 13.6. The van der Waals surface area contributed by atoms with Gasteiger partial charge in [0.05, 0.1) is 22.0 Å². The number of thiazole rings is 1. The number of hydrogen-bond acceptors (Lipinski definition) is 6. The Bertz CT molecular complexity index is 1160. The topological polar surface area (TPSA) is 63.1 Å². The molecule has 0 saturated carbocycles. The lowest BCUT2D eigenvalue weighted by atomic mass is 10.2. The van der Waals surface area contributed by atoms with Crippen molar-refractivity contribution in [3.05, 3.63) is 84.9 Å². The smallest absolute Gasteiger partial charge is 0.278 e. The minimum atomic E-state index is -4.68. The number of anilines is 1. The van der Waals surface area contributed by atoms with Crippen LogP contribution in [0.4, 0.5) is 18.9 Å². The molecule has 1 aromatic carbocycles. The summed E-state index contributed by atoms with van der Waals surface area (Å²) in [6.07, 6.45) is 0.244. The van der Waals surface area contributed by atoms with E-state index in [1.165, 1.54) is 23.5 Å². The molecular weight excluding hydrogens is 411 g/mol. The van der Waals surface area contributed by atoms with Crippen LogP contribution in [-0.2, 0) is 0 Å². The molecule has 0 radical (unpaired) electrons. The first-order chi connectivity index (χ1) is 14.5. The molecule has 0 saturated heterocycles. The van der Waals surface area contributed by atoms with Gasteiger partial charge in [0.15, 0.2) is 5.71 Å². The maximum absolute atomic E-state index is 13.6. The van der Waals surface area contributed by atoms with E-state index < -0.39 is 11.9 Å². The van der Waals surface area contributed by atoms with E-state index in [9.17, 15) is 13.2 Å². The van der Waals surface area contributed by atoms with Crippen molar-refractivity contribution in [1.29, 1.82) is 0 Å². The highest BCUT2D eigenvalue weighted by Crippen LogP contribution is 2.31. The summed E-state index contributed by atoms with van der Waals surface area (Å²) in [4.78, 5) is 13.2. The molecule has 0 atom stereocenters. The predicted molar refractivity (Wildman–Crippen MR) is 111 cm³/mol. The number of nitrogens with one attached hydrogen (secondary N) is 1. The van der Waals surface area contributed by atoms with E-state index in [2.05, 4.69) is 25.5 Å². The molecule has 0 aliphatic carbocycles. The van der Waals surface area contributed by atoms with Crippen molar-refractivity contribution in [3.8, 4) is 21.1 Å². The molecule has 1 N–H and O–H groups in total. The molecule has 5 nitrogen and oxygen atoms in total. The third kappa shape index (κ3) is 4.52. The summed E-state index contributed by atoms with van der Waals surface area (Å²) in [6.45, 7) is 0. The van der Waals surface area contributed by atoms with Gasteiger partial charge in [0.1, 0.15) is 5.01 Å². The Morgan fingerprint density at radius 2 is 1.77 bits per heavy atom. The Kier molecular flexibility index (Phi) is 5.53. The molecule has 4 aromatic rings. The third-order valence-corrected chi connectivity index (χ3v) is 5.07. The summed E-state index contributed by atoms with van der Waals surface area (Å²) in [5.74, 6) is 0. The van der Waals surface area contributed by atoms with Crippen molar-refractivity contribution in [2.75, 3.05) is 5.43 Å². The van der Waals surface area contributed by atoms with Gasteiger partial charge in [0.25, 0.3) is 0 Å². The lowest BCUT2D eigenvalue weighted by Gasteiger charge is -2.11. The molecule has 4 rings (SSSR count). The normalized spacial score (nSPS) is 12.0. The molecule has 0 unspecified atom stereocenters. The van der Waals surface area contributed by atoms with Gasteiger partial charge in [0.2, 0.25) is 0 Å². The lowest BCUT2D eigenvalue weighted by molar-refractivity contribution is -0.0582. The van der Waals surface area contributed by atoms with Crippen LogP contribution in [0.15, 0.2) is 84.4 Å². The fourth-order valence-electron chi connectivity index (χ4n) is 2.62. The van der Waals surface area contributed by atoms with E-state index in [-0.39, 0.29) is 5.69 Å². The van der Waals surface area contributed by atoms with Crippen LogP contribution in [0.5, 0.6) is 0 Å². The molecule has 0 fully saturated rings. The first kappa shape index (κ1) is 19.7. The summed E-state index contributed by atoms with van der Waals surface area (Å²) >= 11 is 1.33. The molecule has 3 heterocycles. The van der Waals surface area contributed by atoms with Crippen LogP contribution in [0.2, 0.25) is 0 Å². The fraction of sp³-hybridized carbons (Fsp3) is 0.0476. The van der Waals surface area contributed by atoms with E-state index in [1.54, 1.807) is 61.1 Å². The number of pyridine rings is 2. The number of hydrazone groups is 1. The molecule has 0 aliphatic heterocycles. The summed E-state index contributed by atoms with van der Waals surface area (Å²) in [6, 6.07) is 16.5. The van der Waals surface area contributed by atoms with E-state index in [0.29, 0.717) is 21.3 Å². The predicted octanol–water partition coefficient (Wildman–Crippen LogP) is 5.65. The van der Waals surface area contributed by atoms with Crippen molar-refractivity contribution in [2.45, 2.75) is 6.18 Å². The Morgan fingerprint density at radius 1 is 0.933 bits per heavy atom. The number of benzene rings is 1. The quantitative estimate of drug-likeness (QED) is 0.332. The zero-order valence-electron chi connectivity index (χ0n) is 15.3. The van der Waals surface area contributed by atoms with Gasteiger partial charge in [-0.05, 0) is 36.4 Å². The number of para-hydroxylation sites is 1. The standard InChI is InChI=1S/C21H14F3N5S/c22-21(23,24)19(29-28-15-7-2-1-3-8-15)17-10-4-9-16(27-17)18-13-26-20(30-18)14-6-5-11-25-12-14/h1-13,28H/b29-19-. The minimum absolute atomic E-state index is 0.278. The molecule has 30 heavy (non-hydrogen) atoms. The van der Waals surface area contributed by atoms with Crippen molar-refractivity contribution >= 4 is 22.7 Å². The van der Waals surface area contributed by atoms with Crippen molar-refractivity contribution in [2.24, 2.45) is 5.10 Å². The molecule has 0 amide bonds. The van der Waals surface area contributed by atoms with Crippen LogP contribution in [0.3, 0.4) is 0 Å². The fourth-order valence-corrected chi connectivity index (χ4v) is 3.49. The van der Waals surface area contributed by atoms with E-state index in [1.807, 2.05) is 6.07 Å². The second-order valence-electron chi connectivity index (χ2n) is 6.12. The third-order valence-electron chi connectivity index (χ3n) is 4.00. The van der Waals surface area contributed by atoms with Gasteiger partial charge in [-0.2, -0.15) is 18.3 Å². The zero-order chi connectivity index (χ0) is 21.0. The van der Waals surface area contributed by atoms with E-state index in [4.69, 9.17) is 0 Å². The number of aromatic nitrogens is 3. The van der Waals surface area contributed by atoms with Gasteiger partial charge >= 0.3 is 6.18 Å². The van der Waals surface area contributed by atoms with Gasteiger partial charge < -0.3 is 0 Å². The van der Waals surface area contributed by atoms with Crippen LogP contribution in [0.25, 0.3) is 21.1 Å². The Balaban J connectivity index is 1.66. The average molecular weight is 425 g/mol. The molecule has 9 heteroatoms. The van der Waals surface area contributed by atoms with E-state index >= 15 is 0 Å². The second kappa shape index (κ2) is 8.42. The summed E-state index contributed by atoms with van der Waals surface area (Å²) in [5, 5.41) is 4.29. The number of rotatable bonds is 5. The lowest BCUT2D eigenvalue weighted by Crippen LogP contribution is -2.26. The van der Waals surface area contributed by atoms with Crippen molar-refractivity contribution in [3.63, 3.8) is 0 Å². The number of nitrogens with zero attached hydrogens (tertiary/aromatic N) is 4. The monoisotopic (exact) mass is 425 g/mol. The summed E-state index contributed by atoms with van der Waals surface area (Å²) in [5.41, 5.74) is 2.72. The SMILES string of the molecule is FC(F)(F)/C(=N\Nc1ccccc1)c1cccc(-c2cnc(-c3cccnc3)s2)n1. The average Bonchev–Trinajstić information content (AvgIpc) is 3.25. The summed E-state index contributed by atoms with van der Waals surface area (Å²) in [7, 11) is 0. The first-order valence-corrected chi connectivity index (χ1v) is 9.62. The Hall–Kier alpha value is -3.59. The summed E-state index contributed by atoms with van der Waals surface area (Å²) < 4.78 is 40.9. The molecular formula is C21H14F3N5S. The van der Waals surface area contributed by atoms with Crippen LogP contribution < -0.4 is 5.43 Å². The Labute approximate surface area is 174 Å².